The fraction of sp³-hybridized carbons (Fsp3) is 0.211. The van der Waals surface area contributed by atoms with E-state index in [2.05, 4.69) is 0 Å². The van der Waals surface area contributed by atoms with Crippen LogP contribution in [-0.2, 0) is 21.2 Å². The number of benzene rings is 2. The maximum atomic E-state index is 13.1. The van der Waals surface area contributed by atoms with Gasteiger partial charge in [-0.15, -0.1) is 0 Å². The fourth-order valence-electron chi connectivity index (χ4n) is 3.24. The molecule has 3 rings (SSSR count). The van der Waals surface area contributed by atoms with Crippen LogP contribution < -0.4 is 5.73 Å². The molecule has 6 nitrogen and oxygen atoms in total. The molecular weight excluding hydrogens is 371 g/mol. The van der Waals surface area contributed by atoms with Crippen molar-refractivity contribution in [3.05, 3.63) is 53.5 Å². The number of aryl methyl sites for hydroxylation is 2. The van der Waals surface area contributed by atoms with E-state index in [0.29, 0.717) is 10.9 Å². The van der Waals surface area contributed by atoms with E-state index in [1.54, 1.807) is 6.07 Å². The Morgan fingerprint density at radius 1 is 1.15 bits per heavy atom. The summed E-state index contributed by atoms with van der Waals surface area (Å²) in [4.78, 5) is 10.8. The first kappa shape index (κ1) is 18.9. The number of nitrogen functional groups attached to an aromatic ring is 1. The second kappa shape index (κ2) is 6.70. The van der Waals surface area contributed by atoms with Gasteiger partial charge in [0.15, 0.2) is 0 Å². The van der Waals surface area contributed by atoms with Gasteiger partial charge in [-0.1, -0.05) is 0 Å². The summed E-state index contributed by atoms with van der Waals surface area (Å²) in [5.41, 5.74) is 8.64. The van der Waals surface area contributed by atoms with Gasteiger partial charge >= 0.3 is 5.97 Å². The molecule has 0 spiro atoms. The van der Waals surface area contributed by atoms with Gasteiger partial charge in [0.25, 0.3) is 0 Å². The predicted molar refractivity (Wildman–Crippen MR) is 99.9 cm³/mol. The monoisotopic (exact) mass is 390 g/mol. The molecule has 2 aromatic carbocycles. The molecule has 0 saturated heterocycles. The van der Waals surface area contributed by atoms with Crippen molar-refractivity contribution < 1.29 is 22.7 Å². The number of fused-ring (bicyclic) bond motifs is 1. The van der Waals surface area contributed by atoms with Gasteiger partial charge in [-0.2, -0.15) is 0 Å². The van der Waals surface area contributed by atoms with Crippen LogP contribution in [0.15, 0.2) is 46.2 Å². The van der Waals surface area contributed by atoms with Crippen LogP contribution in [0.4, 0.5) is 10.1 Å². The number of carboxylic acid groups (broad SMARTS) is 1. The highest BCUT2D eigenvalue weighted by Gasteiger charge is 2.24. The van der Waals surface area contributed by atoms with E-state index >= 15 is 0 Å². The number of sulfone groups is 1. The molecule has 0 amide bonds. The fourth-order valence-corrected chi connectivity index (χ4v) is 4.63. The maximum absolute atomic E-state index is 13.1. The number of hydrogen-bond donors (Lipinski definition) is 2. The Balaban J connectivity index is 2.20. The van der Waals surface area contributed by atoms with E-state index < -0.39 is 21.6 Å². The van der Waals surface area contributed by atoms with Crippen LogP contribution in [0.3, 0.4) is 0 Å². The Bertz CT molecular complexity index is 1150. The lowest BCUT2D eigenvalue weighted by Crippen LogP contribution is -2.07. The van der Waals surface area contributed by atoms with E-state index in [-0.39, 0.29) is 28.4 Å². The maximum Gasteiger partial charge on any atom is 0.305 e. The Morgan fingerprint density at radius 3 is 2.37 bits per heavy atom. The number of hydrogen-bond acceptors (Lipinski definition) is 4. The number of carbonyl (C=O) groups is 1. The van der Waals surface area contributed by atoms with Crippen LogP contribution in [0, 0.1) is 19.7 Å². The number of nitrogens with zero attached hydrogens (tertiary/aromatic N) is 1. The third kappa shape index (κ3) is 3.16. The molecule has 1 heterocycles. The molecule has 0 bridgehead atoms. The zero-order valence-corrected chi connectivity index (χ0v) is 15.7. The second-order valence-electron chi connectivity index (χ2n) is 6.33. The average molecular weight is 390 g/mol. The van der Waals surface area contributed by atoms with Crippen molar-refractivity contribution in [1.82, 2.24) is 4.57 Å². The Labute approximate surface area is 156 Å². The molecule has 0 radical (unpaired) electrons. The number of rotatable bonds is 5. The van der Waals surface area contributed by atoms with Gasteiger partial charge < -0.3 is 15.4 Å². The minimum atomic E-state index is -3.92. The van der Waals surface area contributed by atoms with Crippen molar-refractivity contribution in [3.63, 3.8) is 0 Å². The molecule has 3 N–H and O–H groups in total. The summed E-state index contributed by atoms with van der Waals surface area (Å²) in [6, 6.07) is 7.60. The first-order valence-electron chi connectivity index (χ1n) is 8.25. The van der Waals surface area contributed by atoms with E-state index in [0.717, 1.165) is 23.4 Å². The van der Waals surface area contributed by atoms with Gasteiger partial charge in [-0.3, -0.25) is 4.79 Å². The van der Waals surface area contributed by atoms with Crippen molar-refractivity contribution in [2.24, 2.45) is 0 Å². The lowest BCUT2D eigenvalue weighted by molar-refractivity contribution is -0.137. The van der Waals surface area contributed by atoms with Crippen molar-refractivity contribution in [3.8, 4) is 0 Å². The number of nitrogens with two attached hydrogens (primary N) is 1. The minimum Gasteiger partial charge on any atom is -0.481 e. The average Bonchev–Trinajstić information content (AvgIpc) is 2.85. The quantitative estimate of drug-likeness (QED) is 0.514. The van der Waals surface area contributed by atoms with E-state index in [4.69, 9.17) is 10.8 Å². The van der Waals surface area contributed by atoms with Gasteiger partial charge in [0.2, 0.25) is 9.84 Å². The molecule has 3 aromatic rings. The molecule has 0 atom stereocenters. The summed E-state index contributed by atoms with van der Waals surface area (Å²) in [5, 5.41) is 9.54. The number of anilines is 1. The highest BCUT2D eigenvalue weighted by Crippen LogP contribution is 2.36. The molecule has 1 aromatic heterocycles. The zero-order chi connectivity index (χ0) is 19.9. The third-order valence-corrected chi connectivity index (χ3v) is 6.59. The highest BCUT2D eigenvalue weighted by molar-refractivity contribution is 7.91. The number of aromatic nitrogens is 1. The van der Waals surface area contributed by atoms with Crippen molar-refractivity contribution in [2.45, 2.75) is 36.6 Å². The van der Waals surface area contributed by atoms with Gasteiger partial charge in [0.1, 0.15) is 5.82 Å². The number of halogens is 1. The molecule has 27 heavy (non-hydrogen) atoms. The largest absolute Gasteiger partial charge is 0.481 e. The van der Waals surface area contributed by atoms with Crippen LogP contribution in [0.1, 0.15) is 17.7 Å². The van der Waals surface area contributed by atoms with Crippen LogP contribution in [0.25, 0.3) is 10.9 Å². The summed E-state index contributed by atoms with van der Waals surface area (Å²) in [6.07, 6.45) is -0.0560. The third-order valence-electron chi connectivity index (χ3n) is 4.76. The van der Waals surface area contributed by atoms with Crippen molar-refractivity contribution in [2.75, 3.05) is 5.73 Å². The lowest BCUT2D eigenvalue weighted by atomic mass is 10.1. The van der Waals surface area contributed by atoms with E-state index in [1.807, 2.05) is 18.4 Å². The van der Waals surface area contributed by atoms with Crippen molar-refractivity contribution in [1.29, 1.82) is 0 Å². The second-order valence-corrected chi connectivity index (χ2v) is 8.25. The van der Waals surface area contributed by atoms with Gasteiger partial charge in [0.05, 0.1) is 27.4 Å². The van der Waals surface area contributed by atoms with Gasteiger partial charge in [-0.05, 0) is 55.8 Å². The molecule has 0 aliphatic heterocycles. The molecule has 0 aliphatic carbocycles. The summed E-state index contributed by atoms with van der Waals surface area (Å²) < 4.78 is 40.8. The molecule has 142 valence electrons. The summed E-state index contributed by atoms with van der Waals surface area (Å²) in [5.74, 6) is -1.45. The van der Waals surface area contributed by atoms with E-state index in [9.17, 15) is 17.6 Å². The standard InChI is InChI=1S/C19H19FN2O4S/c1-11-12(2)22(10-9-17(23)24)15-7-8-16(19(21)18(11)15)27(25,26)14-5-3-13(20)4-6-14/h3-8H,9-10,21H2,1-2H3,(H,23,24). The number of aliphatic carboxylic acids is 1. The van der Waals surface area contributed by atoms with E-state index in [1.165, 1.54) is 18.2 Å². The first-order valence-corrected chi connectivity index (χ1v) is 9.73. The highest BCUT2D eigenvalue weighted by atomic mass is 32.2. The molecular formula is C19H19FN2O4S. The first-order chi connectivity index (χ1) is 12.6. The van der Waals surface area contributed by atoms with Crippen LogP contribution in [-0.4, -0.2) is 24.1 Å². The molecule has 0 fully saturated rings. The molecule has 0 aliphatic rings. The SMILES string of the molecule is Cc1c(C)n(CCC(=O)O)c2ccc(S(=O)(=O)c3ccc(F)cc3)c(N)c12. The molecule has 0 unspecified atom stereocenters. The lowest BCUT2D eigenvalue weighted by Gasteiger charge is -2.11. The summed E-state index contributed by atoms with van der Waals surface area (Å²) in [6.45, 7) is 3.92. The topological polar surface area (TPSA) is 102 Å². The minimum absolute atomic E-state index is 0.0466. The van der Waals surface area contributed by atoms with Crippen molar-refractivity contribution >= 4 is 32.4 Å². The summed E-state index contributed by atoms with van der Waals surface area (Å²) in [7, 11) is -3.92. The Hall–Kier alpha value is -2.87. The van der Waals surface area contributed by atoms with Crippen LogP contribution >= 0.6 is 0 Å². The normalized spacial score (nSPS) is 11.8. The number of carboxylic acids is 1. The van der Waals surface area contributed by atoms with Gasteiger partial charge in [-0.25, -0.2) is 12.8 Å². The predicted octanol–water partition coefficient (Wildman–Crippen LogP) is 3.29. The van der Waals surface area contributed by atoms with Crippen LogP contribution in [0.2, 0.25) is 0 Å². The molecule has 8 heteroatoms. The Kier molecular flexibility index (Phi) is 4.69. The molecule has 0 saturated carbocycles. The van der Waals surface area contributed by atoms with Gasteiger partial charge in [0, 0.05) is 17.6 Å². The Morgan fingerprint density at radius 2 is 1.78 bits per heavy atom. The smallest absolute Gasteiger partial charge is 0.305 e. The zero-order valence-electron chi connectivity index (χ0n) is 14.9. The van der Waals surface area contributed by atoms with Crippen LogP contribution in [0.5, 0.6) is 0 Å². The summed E-state index contributed by atoms with van der Waals surface area (Å²) >= 11 is 0.